The first kappa shape index (κ1) is 31.4. The van der Waals surface area contributed by atoms with Crippen LogP contribution >= 0.6 is 0 Å². The van der Waals surface area contributed by atoms with E-state index in [0.717, 1.165) is 36.8 Å². The molecule has 4 heterocycles. The van der Waals surface area contributed by atoms with Crippen molar-refractivity contribution in [3.63, 3.8) is 0 Å². The molecule has 10 nitrogen and oxygen atoms in total. The van der Waals surface area contributed by atoms with Gasteiger partial charge in [-0.2, -0.15) is 0 Å². The fourth-order valence-corrected chi connectivity index (χ4v) is 6.01. The molecule has 2 aromatic heterocycles. The van der Waals surface area contributed by atoms with Crippen molar-refractivity contribution in [2.45, 2.75) is 70.9 Å². The average molecular weight is 585 g/mol. The Morgan fingerprint density at radius 2 is 2.02 bits per heavy atom. The van der Waals surface area contributed by atoms with Crippen LogP contribution in [0.4, 0.5) is 9.18 Å². The Morgan fingerprint density at radius 3 is 2.79 bits per heavy atom. The number of hydrogen-bond acceptors (Lipinski definition) is 8. The van der Waals surface area contributed by atoms with Gasteiger partial charge in [-0.25, -0.2) is 14.2 Å². The molecule has 1 saturated heterocycles. The van der Waals surface area contributed by atoms with Gasteiger partial charge in [0.2, 0.25) is 6.73 Å². The highest BCUT2D eigenvalue weighted by molar-refractivity contribution is 5.79. The summed E-state index contributed by atoms with van der Waals surface area (Å²) in [6.45, 7) is 6.56. The van der Waals surface area contributed by atoms with E-state index in [4.69, 9.17) is 14.0 Å². The Hall–Kier alpha value is -3.57. The van der Waals surface area contributed by atoms with Crippen LogP contribution in [-0.2, 0) is 22.4 Å². The van der Waals surface area contributed by atoms with Crippen LogP contribution in [0.2, 0.25) is 0 Å². The van der Waals surface area contributed by atoms with Crippen molar-refractivity contribution in [1.29, 1.82) is 0 Å². The number of halogens is 1. The number of carbonyl (C=O) groups excluding carboxylic acids is 1. The molecule has 228 valence electrons. The van der Waals surface area contributed by atoms with E-state index in [0.29, 0.717) is 66.2 Å². The van der Waals surface area contributed by atoms with Gasteiger partial charge in [0.25, 0.3) is 5.56 Å². The lowest BCUT2D eigenvalue weighted by Gasteiger charge is -2.42. The van der Waals surface area contributed by atoms with Crippen molar-refractivity contribution in [3.05, 3.63) is 76.7 Å². The molecule has 0 saturated carbocycles. The lowest BCUT2D eigenvalue weighted by molar-refractivity contribution is -0.948. The molecule has 11 heteroatoms. The van der Waals surface area contributed by atoms with E-state index >= 15 is 0 Å². The van der Waals surface area contributed by atoms with Gasteiger partial charge in [0.1, 0.15) is 24.4 Å². The lowest BCUT2D eigenvalue weighted by atomic mass is 9.90. The number of aromatic nitrogens is 3. The Bertz CT molecular complexity index is 1470. The van der Waals surface area contributed by atoms with Gasteiger partial charge >= 0.3 is 6.16 Å². The fraction of sp³-hybridized carbons (Fsp3) is 0.516. The maximum Gasteiger partial charge on any atom is 0.512 e. The molecule has 2 aliphatic rings. The third-order valence-corrected chi connectivity index (χ3v) is 8.40. The zero-order chi connectivity index (χ0) is 29.0. The van der Waals surface area contributed by atoms with E-state index in [1.165, 1.54) is 12.1 Å². The van der Waals surface area contributed by atoms with Crippen LogP contribution < -0.4 is 5.56 Å². The summed E-state index contributed by atoms with van der Waals surface area (Å²) in [6.07, 6.45) is 6.39. The van der Waals surface area contributed by atoms with Crippen LogP contribution in [0, 0.1) is 20.2 Å². The average Bonchev–Trinajstić information content (AvgIpc) is 3.38. The lowest BCUT2D eigenvalue weighted by Crippen LogP contribution is -2.55. The van der Waals surface area contributed by atoms with Gasteiger partial charge in [-0.15, -0.1) is 0 Å². The normalized spacial score (nSPS) is 22.1. The summed E-state index contributed by atoms with van der Waals surface area (Å²) in [5.41, 5.74) is 2.38. The van der Waals surface area contributed by atoms with Crippen LogP contribution in [0.1, 0.15) is 73.8 Å². The second kappa shape index (κ2) is 13.6. The number of nitrogens with zero attached hydrogens (tertiary/aromatic N) is 4. The smallest absolute Gasteiger partial charge is 0.430 e. The number of aliphatic hydroxyl groups excluding tert-OH is 1. The number of likely N-dealkylation sites (tertiary alicyclic amines) is 1. The first-order valence-corrected chi connectivity index (χ1v) is 14.4. The van der Waals surface area contributed by atoms with E-state index in [-0.39, 0.29) is 38.1 Å². The van der Waals surface area contributed by atoms with Gasteiger partial charge in [0.05, 0.1) is 25.3 Å². The Kier molecular flexibility index (Phi) is 10.2. The minimum atomic E-state index is -0.726. The van der Waals surface area contributed by atoms with Gasteiger partial charge in [-0.1, -0.05) is 24.2 Å². The first-order chi connectivity index (χ1) is 19.8. The van der Waals surface area contributed by atoms with E-state index in [1.54, 1.807) is 16.7 Å². The maximum atomic E-state index is 13.7. The molecule has 0 spiro atoms. The summed E-state index contributed by atoms with van der Waals surface area (Å²) < 4.78 is 31.9. The van der Waals surface area contributed by atoms with Crippen LogP contribution in [0.25, 0.3) is 11.0 Å². The fourth-order valence-electron chi connectivity index (χ4n) is 6.01. The van der Waals surface area contributed by atoms with Crippen molar-refractivity contribution in [3.8, 4) is 0 Å². The van der Waals surface area contributed by atoms with Gasteiger partial charge in [-0.3, -0.25) is 13.8 Å². The zero-order valence-corrected chi connectivity index (χ0v) is 24.7. The summed E-state index contributed by atoms with van der Waals surface area (Å²) in [5.74, 6) is 0.180. The van der Waals surface area contributed by atoms with Crippen LogP contribution in [0.5, 0.6) is 0 Å². The van der Waals surface area contributed by atoms with Crippen molar-refractivity contribution < 1.29 is 32.8 Å². The predicted molar refractivity (Wildman–Crippen MR) is 155 cm³/mol. The van der Waals surface area contributed by atoms with Crippen molar-refractivity contribution >= 4 is 17.1 Å². The largest absolute Gasteiger partial charge is 0.512 e. The molecule has 1 N–H and O–H groups in total. The van der Waals surface area contributed by atoms with Gasteiger partial charge < -0.3 is 26.5 Å². The standard InChI is InChI=1S/C30H38FN4O6.CH3/c1-3-4-5-17-39-30(38)40-19-35(16-12-23-20(2)32-28-25(36)7-6-13-34(28)29(23)37)14-10-21(11-15-35)27-24-9-8-22(31)18-26(24)41-33-27;/h4-5,8-9,18,21,25,36H,3,6-7,10-17,19H2,1-2H3;1H3/q+1;-1/b5-4-;. The molecule has 3 aromatic rings. The number of fused-ring (bicyclic) bond motifs is 2. The topological polar surface area (TPSA) is 117 Å². The third kappa shape index (κ3) is 6.73. The third-order valence-electron chi connectivity index (χ3n) is 8.40. The molecular formula is C31H41FN4O6. The summed E-state index contributed by atoms with van der Waals surface area (Å²) in [6, 6.07) is 4.46. The predicted octanol–water partition coefficient (Wildman–Crippen LogP) is 5.12. The number of benzene rings is 1. The molecule has 1 unspecified atom stereocenters. The molecule has 0 aliphatic carbocycles. The number of aryl methyl sites for hydroxylation is 1. The Morgan fingerprint density at radius 1 is 1.24 bits per heavy atom. The van der Waals surface area contributed by atoms with Gasteiger partial charge in [0.15, 0.2) is 5.58 Å². The molecule has 1 fully saturated rings. The van der Waals surface area contributed by atoms with Gasteiger partial charge in [-0.05, 0) is 38.3 Å². The Balaban J connectivity index is 0.00000405. The van der Waals surface area contributed by atoms with Crippen LogP contribution in [-0.4, -0.2) is 63.4 Å². The maximum absolute atomic E-state index is 13.7. The monoisotopic (exact) mass is 584 g/mol. The highest BCUT2D eigenvalue weighted by Crippen LogP contribution is 2.35. The minimum Gasteiger partial charge on any atom is -0.430 e. The number of allylic oxidation sites excluding steroid dienone is 1. The SMILES string of the molecule is CC/C=C\COC(=O)OC[N+]1(CCc2c(C)nc3n(c2=O)CCCC3O)CCC(c2noc3cc(F)ccc23)CC1.[CH3-]. The zero-order valence-electron chi connectivity index (χ0n) is 24.7. The minimum absolute atomic E-state index is 0. The second-order valence-corrected chi connectivity index (χ2v) is 11.1. The number of rotatable bonds is 9. The quantitative estimate of drug-likeness (QED) is 0.159. The molecule has 1 atom stereocenters. The summed E-state index contributed by atoms with van der Waals surface area (Å²) in [4.78, 5) is 30.4. The number of piperidine rings is 1. The number of ether oxygens (including phenoxy) is 2. The number of hydrogen-bond donors (Lipinski definition) is 1. The second-order valence-electron chi connectivity index (χ2n) is 11.1. The molecule has 0 amide bonds. The summed E-state index contributed by atoms with van der Waals surface area (Å²) in [5, 5.41) is 15.4. The first-order valence-electron chi connectivity index (χ1n) is 14.4. The molecule has 1 aromatic carbocycles. The van der Waals surface area contributed by atoms with Crippen molar-refractivity contribution in [2.24, 2.45) is 0 Å². The number of quaternary nitrogens is 1. The summed E-state index contributed by atoms with van der Waals surface area (Å²) >= 11 is 0. The highest BCUT2D eigenvalue weighted by Gasteiger charge is 2.38. The number of carbonyl (C=O) groups is 1. The molecule has 0 radical (unpaired) electrons. The van der Waals surface area contributed by atoms with Crippen molar-refractivity contribution in [2.75, 3.05) is 33.0 Å². The molecular weight excluding hydrogens is 543 g/mol. The van der Waals surface area contributed by atoms with Crippen LogP contribution in [0.3, 0.4) is 0 Å². The Labute approximate surface area is 245 Å². The van der Waals surface area contributed by atoms with Crippen LogP contribution in [0.15, 0.2) is 39.7 Å². The summed E-state index contributed by atoms with van der Waals surface area (Å²) in [7, 11) is 0. The van der Waals surface area contributed by atoms with E-state index in [1.807, 2.05) is 19.9 Å². The van der Waals surface area contributed by atoms with Crippen molar-refractivity contribution in [1.82, 2.24) is 14.7 Å². The molecule has 42 heavy (non-hydrogen) atoms. The van der Waals surface area contributed by atoms with E-state index < -0.39 is 12.3 Å². The number of aliphatic hydroxyl groups is 1. The molecule has 0 bridgehead atoms. The van der Waals surface area contributed by atoms with E-state index in [2.05, 4.69) is 10.1 Å². The highest BCUT2D eigenvalue weighted by atomic mass is 19.1. The van der Waals surface area contributed by atoms with E-state index in [9.17, 15) is 19.1 Å². The van der Waals surface area contributed by atoms with Gasteiger partial charge in [0, 0.05) is 54.4 Å². The molecule has 2 aliphatic heterocycles. The molecule has 5 rings (SSSR count).